The molecule has 0 aliphatic rings. The van der Waals surface area contributed by atoms with Crippen molar-refractivity contribution in [2.75, 3.05) is 19.4 Å². The van der Waals surface area contributed by atoms with Crippen LogP contribution >= 0.6 is 11.3 Å². The molecular weight excluding hydrogens is 252 g/mol. The summed E-state index contributed by atoms with van der Waals surface area (Å²) in [5, 5.41) is 3.48. The second-order valence-corrected chi connectivity index (χ2v) is 6.26. The van der Waals surface area contributed by atoms with E-state index in [2.05, 4.69) is 67.6 Å². The molecule has 1 N–H and O–H groups in total. The molecule has 1 aromatic carbocycles. The summed E-state index contributed by atoms with van der Waals surface area (Å²) in [6.07, 6.45) is 1.13. The molecule has 2 aromatic rings. The summed E-state index contributed by atoms with van der Waals surface area (Å²) in [7, 11) is 4.18. The van der Waals surface area contributed by atoms with Crippen LogP contribution in [0.5, 0.6) is 0 Å². The molecule has 102 valence electrons. The molecule has 0 aliphatic carbocycles. The van der Waals surface area contributed by atoms with Crippen LogP contribution < -0.4 is 5.32 Å². The van der Waals surface area contributed by atoms with Crippen molar-refractivity contribution in [2.45, 2.75) is 26.4 Å². The predicted octanol–water partition coefficient (Wildman–Crippen LogP) is 3.98. The van der Waals surface area contributed by atoms with Gasteiger partial charge in [0, 0.05) is 28.5 Å². The normalized spacial score (nSPS) is 10.9. The molecule has 0 aliphatic heterocycles. The standard InChI is InChI=1S/C16H22N2S/c1-4-15-9-10-16(19-15)11-17-14-7-5-13(6-8-14)12-18(2)3/h5-10,17H,4,11-12H2,1-3H3. The van der Waals surface area contributed by atoms with Gasteiger partial charge in [-0.15, -0.1) is 11.3 Å². The molecule has 0 fully saturated rings. The first kappa shape index (κ1) is 14.1. The van der Waals surface area contributed by atoms with Crippen molar-refractivity contribution < 1.29 is 0 Å². The van der Waals surface area contributed by atoms with Crippen LogP contribution in [0.4, 0.5) is 5.69 Å². The largest absolute Gasteiger partial charge is 0.380 e. The number of aryl methyl sites for hydroxylation is 1. The zero-order valence-corrected chi connectivity index (χ0v) is 12.8. The van der Waals surface area contributed by atoms with Crippen LogP contribution in [0.1, 0.15) is 22.2 Å². The number of nitrogens with one attached hydrogen (secondary N) is 1. The summed E-state index contributed by atoms with van der Waals surface area (Å²) in [4.78, 5) is 5.03. The van der Waals surface area contributed by atoms with Gasteiger partial charge in [-0.3, -0.25) is 0 Å². The minimum absolute atomic E-state index is 0.914. The Balaban J connectivity index is 1.89. The lowest BCUT2D eigenvalue weighted by Crippen LogP contribution is -2.10. The summed E-state index contributed by atoms with van der Waals surface area (Å²) in [5.41, 5.74) is 2.54. The lowest BCUT2D eigenvalue weighted by Gasteiger charge is -2.10. The van der Waals surface area contributed by atoms with Gasteiger partial charge in [0.15, 0.2) is 0 Å². The fraction of sp³-hybridized carbons (Fsp3) is 0.375. The first-order chi connectivity index (χ1) is 9.17. The molecule has 1 heterocycles. The second kappa shape index (κ2) is 6.73. The molecule has 19 heavy (non-hydrogen) atoms. The molecular formula is C16H22N2S. The van der Waals surface area contributed by atoms with Crippen LogP contribution in [0.3, 0.4) is 0 Å². The van der Waals surface area contributed by atoms with Crippen molar-refractivity contribution in [3.05, 3.63) is 51.7 Å². The molecule has 0 radical (unpaired) electrons. The minimum atomic E-state index is 0.914. The predicted molar refractivity (Wildman–Crippen MR) is 84.9 cm³/mol. The maximum Gasteiger partial charge on any atom is 0.0494 e. The summed E-state index contributed by atoms with van der Waals surface area (Å²) in [5.74, 6) is 0. The first-order valence-electron chi connectivity index (χ1n) is 6.72. The van der Waals surface area contributed by atoms with E-state index in [0.29, 0.717) is 0 Å². The van der Waals surface area contributed by atoms with Crippen LogP contribution in [-0.4, -0.2) is 19.0 Å². The van der Waals surface area contributed by atoms with E-state index in [0.717, 1.165) is 19.5 Å². The Morgan fingerprint density at radius 3 is 2.26 bits per heavy atom. The molecule has 2 nitrogen and oxygen atoms in total. The van der Waals surface area contributed by atoms with Crippen molar-refractivity contribution >= 4 is 17.0 Å². The van der Waals surface area contributed by atoms with E-state index in [1.54, 1.807) is 0 Å². The van der Waals surface area contributed by atoms with Gasteiger partial charge in [-0.25, -0.2) is 0 Å². The van der Waals surface area contributed by atoms with Crippen molar-refractivity contribution in [2.24, 2.45) is 0 Å². The Kier molecular flexibility index (Phi) is 5.00. The highest BCUT2D eigenvalue weighted by atomic mass is 32.1. The highest BCUT2D eigenvalue weighted by Crippen LogP contribution is 2.19. The number of hydrogen-bond acceptors (Lipinski definition) is 3. The summed E-state index contributed by atoms with van der Waals surface area (Å²) in [6, 6.07) is 13.1. The van der Waals surface area contributed by atoms with E-state index >= 15 is 0 Å². The summed E-state index contributed by atoms with van der Waals surface area (Å²) >= 11 is 1.89. The lowest BCUT2D eigenvalue weighted by atomic mass is 10.2. The zero-order chi connectivity index (χ0) is 13.7. The van der Waals surface area contributed by atoms with Gasteiger partial charge in [0.05, 0.1) is 0 Å². The van der Waals surface area contributed by atoms with Crippen molar-refractivity contribution in [1.29, 1.82) is 0 Å². The Hall–Kier alpha value is -1.32. The smallest absolute Gasteiger partial charge is 0.0494 e. The highest BCUT2D eigenvalue weighted by Gasteiger charge is 1.99. The fourth-order valence-electron chi connectivity index (χ4n) is 1.99. The summed E-state index contributed by atoms with van der Waals surface area (Å²) < 4.78 is 0. The number of thiophene rings is 1. The van der Waals surface area contributed by atoms with Crippen molar-refractivity contribution in [3.8, 4) is 0 Å². The molecule has 0 saturated heterocycles. The van der Waals surface area contributed by atoms with E-state index in [-0.39, 0.29) is 0 Å². The molecule has 0 spiro atoms. The second-order valence-electron chi connectivity index (χ2n) is 5.01. The van der Waals surface area contributed by atoms with E-state index in [4.69, 9.17) is 0 Å². The minimum Gasteiger partial charge on any atom is -0.380 e. The lowest BCUT2D eigenvalue weighted by molar-refractivity contribution is 0.402. The first-order valence-corrected chi connectivity index (χ1v) is 7.54. The third-order valence-corrected chi connectivity index (χ3v) is 4.21. The van der Waals surface area contributed by atoms with E-state index in [1.165, 1.54) is 21.0 Å². The number of hydrogen-bond donors (Lipinski definition) is 1. The SMILES string of the molecule is CCc1ccc(CNc2ccc(CN(C)C)cc2)s1. The van der Waals surface area contributed by atoms with Crippen LogP contribution in [-0.2, 0) is 19.5 Å². The number of benzene rings is 1. The van der Waals surface area contributed by atoms with Gasteiger partial charge >= 0.3 is 0 Å². The third kappa shape index (κ3) is 4.37. The average molecular weight is 274 g/mol. The Morgan fingerprint density at radius 2 is 1.68 bits per heavy atom. The van der Waals surface area contributed by atoms with Gasteiger partial charge < -0.3 is 10.2 Å². The molecule has 2 rings (SSSR count). The third-order valence-electron chi connectivity index (χ3n) is 2.99. The molecule has 0 atom stereocenters. The Bertz CT molecular complexity index is 500. The Morgan fingerprint density at radius 1 is 1.00 bits per heavy atom. The molecule has 0 unspecified atom stereocenters. The van der Waals surface area contributed by atoms with E-state index in [9.17, 15) is 0 Å². The number of rotatable bonds is 6. The Labute approximate surface area is 120 Å². The maximum absolute atomic E-state index is 3.48. The molecule has 0 bridgehead atoms. The van der Waals surface area contributed by atoms with Gasteiger partial charge in [0.25, 0.3) is 0 Å². The molecule has 3 heteroatoms. The van der Waals surface area contributed by atoms with Gasteiger partial charge in [-0.05, 0) is 50.3 Å². The van der Waals surface area contributed by atoms with Crippen LogP contribution in [0.15, 0.2) is 36.4 Å². The average Bonchev–Trinajstić information content (AvgIpc) is 2.85. The van der Waals surface area contributed by atoms with Gasteiger partial charge in [-0.2, -0.15) is 0 Å². The molecule has 0 saturated carbocycles. The molecule has 0 amide bonds. The number of anilines is 1. The van der Waals surface area contributed by atoms with Gasteiger partial charge in [-0.1, -0.05) is 19.1 Å². The van der Waals surface area contributed by atoms with E-state index in [1.807, 2.05) is 11.3 Å². The molecule has 1 aromatic heterocycles. The van der Waals surface area contributed by atoms with E-state index < -0.39 is 0 Å². The van der Waals surface area contributed by atoms with Crippen molar-refractivity contribution in [1.82, 2.24) is 4.90 Å². The van der Waals surface area contributed by atoms with Gasteiger partial charge in [0.1, 0.15) is 0 Å². The number of nitrogens with zero attached hydrogens (tertiary/aromatic N) is 1. The van der Waals surface area contributed by atoms with Gasteiger partial charge in [0.2, 0.25) is 0 Å². The van der Waals surface area contributed by atoms with Crippen LogP contribution in [0.25, 0.3) is 0 Å². The van der Waals surface area contributed by atoms with Crippen LogP contribution in [0, 0.1) is 0 Å². The summed E-state index contributed by atoms with van der Waals surface area (Å²) in [6.45, 7) is 4.11. The fourth-order valence-corrected chi connectivity index (χ4v) is 2.89. The van der Waals surface area contributed by atoms with Crippen molar-refractivity contribution in [3.63, 3.8) is 0 Å². The monoisotopic (exact) mass is 274 g/mol. The quantitative estimate of drug-likeness (QED) is 0.857. The topological polar surface area (TPSA) is 15.3 Å². The zero-order valence-electron chi connectivity index (χ0n) is 11.9. The highest BCUT2D eigenvalue weighted by molar-refractivity contribution is 7.12. The van der Waals surface area contributed by atoms with Crippen LogP contribution in [0.2, 0.25) is 0 Å². The maximum atomic E-state index is 3.48.